The van der Waals surface area contributed by atoms with Crippen molar-refractivity contribution in [3.8, 4) is 29.1 Å². The second-order valence-corrected chi connectivity index (χ2v) is 14.1. The van der Waals surface area contributed by atoms with Gasteiger partial charge in [-0.1, -0.05) is 47.9 Å². The number of carbonyl (C=O) groups is 1. The van der Waals surface area contributed by atoms with E-state index < -0.39 is 17.5 Å². The standard InChI is InChI=1S/C37H38ClF2N7O3/c1-45(25-11-15-46(21-25)30(48)10-9-26-18-41-13-16-49-26)35-28-19-42-33(27-7-2-5-23-6-3-8-29(38)31(23)27)32(40)34(28)43-36(44-35)50-22-37-12-4-14-47(37)20-24(39)17-37/h2-3,5-8,19,24-26,41H,4,11-18,20-22H2,1H3/t24-,25-,26?,37+/m1/s1. The molecule has 1 unspecified atom stereocenters. The number of anilines is 1. The lowest BCUT2D eigenvalue weighted by molar-refractivity contribution is -0.124. The maximum Gasteiger partial charge on any atom is 0.319 e. The van der Waals surface area contributed by atoms with Crippen LogP contribution in [-0.2, 0) is 9.53 Å². The first-order valence-corrected chi connectivity index (χ1v) is 17.6. The normalized spacial score (nSPS) is 25.1. The minimum absolute atomic E-state index is 0.00720. The van der Waals surface area contributed by atoms with Crippen LogP contribution in [0.5, 0.6) is 6.01 Å². The molecular formula is C37H38ClF2N7O3. The van der Waals surface area contributed by atoms with Crippen molar-refractivity contribution in [1.29, 1.82) is 0 Å². The summed E-state index contributed by atoms with van der Waals surface area (Å²) in [6.07, 6.45) is 3.18. The van der Waals surface area contributed by atoms with Crippen LogP contribution in [0.3, 0.4) is 0 Å². The summed E-state index contributed by atoms with van der Waals surface area (Å²) in [5.74, 6) is 5.23. The molecule has 4 aliphatic rings. The van der Waals surface area contributed by atoms with Gasteiger partial charge >= 0.3 is 6.01 Å². The third kappa shape index (κ3) is 6.10. The molecule has 1 amide bonds. The van der Waals surface area contributed by atoms with Crippen molar-refractivity contribution < 1.29 is 23.0 Å². The van der Waals surface area contributed by atoms with E-state index in [4.69, 9.17) is 26.1 Å². The summed E-state index contributed by atoms with van der Waals surface area (Å²) in [5.41, 5.74) is 0.278. The number of aromatic nitrogens is 3. The van der Waals surface area contributed by atoms with Crippen LogP contribution in [0.15, 0.2) is 42.6 Å². The molecule has 8 rings (SSSR count). The first-order valence-electron chi connectivity index (χ1n) is 17.2. The fourth-order valence-electron chi connectivity index (χ4n) is 7.98. The van der Waals surface area contributed by atoms with Gasteiger partial charge in [-0.05, 0) is 43.2 Å². The summed E-state index contributed by atoms with van der Waals surface area (Å²) in [6.45, 7) is 4.25. The van der Waals surface area contributed by atoms with Crippen LogP contribution in [0.25, 0.3) is 32.9 Å². The first kappa shape index (κ1) is 33.0. The van der Waals surface area contributed by atoms with Crippen molar-refractivity contribution in [2.45, 2.75) is 49.5 Å². The highest BCUT2D eigenvalue weighted by Gasteiger charge is 2.49. The Morgan fingerprint density at radius 2 is 2.08 bits per heavy atom. The van der Waals surface area contributed by atoms with Gasteiger partial charge in [-0.3, -0.25) is 14.7 Å². The quantitative estimate of drug-likeness (QED) is 0.289. The molecule has 50 heavy (non-hydrogen) atoms. The van der Waals surface area contributed by atoms with E-state index in [0.29, 0.717) is 72.8 Å². The van der Waals surface area contributed by atoms with Gasteiger partial charge in [0, 0.05) is 74.4 Å². The summed E-state index contributed by atoms with van der Waals surface area (Å²) in [5, 5.41) is 5.66. The lowest BCUT2D eigenvalue weighted by Gasteiger charge is -2.31. The number of benzene rings is 2. The Bertz CT molecular complexity index is 2010. The minimum Gasteiger partial charge on any atom is -0.461 e. The zero-order valence-electron chi connectivity index (χ0n) is 27.8. The van der Waals surface area contributed by atoms with Gasteiger partial charge in [0.25, 0.3) is 5.91 Å². The lowest BCUT2D eigenvalue weighted by Crippen LogP contribution is -2.43. The van der Waals surface area contributed by atoms with E-state index in [0.717, 1.165) is 31.3 Å². The number of hydrogen-bond donors (Lipinski definition) is 1. The lowest BCUT2D eigenvalue weighted by atomic mass is 9.95. The fraction of sp³-hybridized carbons (Fsp3) is 0.459. The molecule has 4 aromatic rings. The van der Waals surface area contributed by atoms with Gasteiger partial charge in [-0.15, -0.1) is 0 Å². The molecule has 4 fully saturated rings. The highest BCUT2D eigenvalue weighted by atomic mass is 35.5. The second-order valence-electron chi connectivity index (χ2n) is 13.7. The Labute approximate surface area is 294 Å². The van der Waals surface area contributed by atoms with Crippen LogP contribution in [0.4, 0.5) is 14.6 Å². The van der Waals surface area contributed by atoms with E-state index in [1.165, 1.54) is 0 Å². The molecule has 0 aliphatic carbocycles. The number of hydrogen-bond acceptors (Lipinski definition) is 9. The third-order valence-electron chi connectivity index (χ3n) is 10.6. The Kier molecular flexibility index (Phi) is 8.93. The highest BCUT2D eigenvalue weighted by molar-refractivity contribution is 6.36. The van der Waals surface area contributed by atoms with E-state index >= 15 is 4.39 Å². The molecule has 6 heterocycles. The number of nitrogens with one attached hydrogen (secondary N) is 1. The third-order valence-corrected chi connectivity index (χ3v) is 10.9. The number of rotatable bonds is 6. The molecule has 0 radical (unpaired) electrons. The zero-order valence-corrected chi connectivity index (χ0v) is 28.6. The van der Waals surface area contributed by atoms with E-state index in [2.05, 4.69) is 32.0 Å². The van der Waals surface area contributed by atoms with Crippen LogP contribution < -0.4 is 15.0 Å². The number of nitrogens with zero attached hydrogens (tertiary/aromatic N) is 6. The molecular weight excluding hydrogens is 664 g/mol. The topological polar surface area (TPSA) is 96.0 Å². The maximum absolute atomic E-state index is 16.8. The van der Waals surface area contributed by atoms with Crippen LogP contribution in [0.2, 0.25) is 5.02 Å². The number of carbonyl (C=O) groups excluding carboxylic acids is 1. The molecule has 2 aromatic heterocycles. The number of fused-ring (bicyclic) bond motifs is 3. The van der Waals surface area contributed by atoms with Gasteiger partial charge in [-0.25, -0.2) is 8.78 Å². The molecule has 13 heteroatoms. The van der Waals surface area contributed by atoms with E-state index in [-0.39, 0.29) is 41.9 Å². The monoisotopic (exact) mass is 701 g/mol. The predicted octanol–water partition coefficient (Wildman–Crippen LogP) is 4.62. The Balaban J connectivity index is 1.14. The van der Waals surface area contributed by atoms with Gasteiger partial charge in [0.1, 0.15) is 35.9 Å². The number of halogens is 3. The number of morpholine rings is 1. The molecule has 0 saturated carbocycles. The van der Waals surface area contributed by atoms with Crippen LogP contribution >= 0.6 is 11.6 Å². The molecule has 1 N–H and O–H groups in total. The first-order chi connectivity index (χ1) is 24.3. The number of ether oxygens (including phenoxy) is 2. The number of likely N-dealkylation sites (tertiary alicyclic amines) is 1. The van der Waals surface area contributed by atoms with E-state index in [9.17, 15) is 9.18 Å². The zero-order chi connectivity index (χ0) is 34.4. The Hall–Kier alpha value is -4.15. The van der Waals surface area contributed by atoms with Gasteiger partial charge in [0.05, 0.1) is 17.5 Å². The Morgan fingerprint density at radius 3 is 2.92 bits per heavy atom. The van der Waals surface area contributed by atoms with Crippen LogP contribution in [0, 0.1) is 17.7 Å². The second kappa shape index (κ2) is 13.5. The highest BCUT2D eigenvalue weighted by Crippen LogP contribution is 2.41. The van der Waals surface area contributed by atoms with Crippen molar-refractivity contribution in [3.05, 3.63) is 53.4 Å². The molecule has 4 saturated heterocycles. The van der Waals surface area contributed by atoms with Crippen molar-refractivity contribution >= 4 is 45.0 Å². The molecule has 10 nitrogen and oxygen atoms in total. The minimum atomic E-state index is -0.915. The number of pyridine rings is 1. The maximum atomic E-state index is 16.8. The average Bonchev–Trinajstić information content (AvgIpc) is 3.85. The van der Waals surface area contributed by atoms with Gasteiger partial charge in [0.15, 0.2) is 5.82 Å². The molecule has 260 valence electrons. The van der Waals surface area contributed by atoms with Crippen molar-refractivity contribution in [1.82, 2.24) is 30.1 Å². The number of likely N-dealkylation sites (N-methyl/N-ethyl adjacent to an activating group) is 1. The summed E-state index contributed by atoms with van der Waals surface area (Å²) in [7, 11) is 1.87. The smallest absolute Gasteiger partial charge is 0.319 e. The van der Waals surface area contributed by atoms with Crippen LogP contribution in [-0.4, -0.2) is 114 Å². The van der Waals surface area contributed by atoms with Crippen molar-refractivity contribution in [2.24, 2.45) is 0 Å². The number of alkyl halides is 1. The summed E-state index contributed by atoms with van der Waals surface area (Å²) < 4.78 is 43.3. The fourth-order valence-corrected chi connectivity index (χ4v) is 8.26. The van der Waals surface area contributed by atoms with Crippen molar-refractivity contribution in [3.63, 3.8) is 0 Å². The van der Waals surface area contributed by atoms with Gasteiger partial charge in [-0.2, -0.15) is 9.97 Å². The average molecular weight is 702 g/mol. The predicted molar refractivity (Wildman–Crippen MR) is 188 cm³/mol. The van der Waals surface area contributed by atoms with Crippen LogP contribution in [0.1, 0.15) is 25.7 Å². The molecule has 4 atom stereocenters. The summed E-state index contributed by atoms with van der Waals surface area (Å²) >= 11 is 6.62. The van der Waals surface area contributed by atoms with E-state index in [1.807, 2.05) is 36.2 Å². The summed E-state index contributed by atoms with van der Waals surface area (Å²) in [6, 6.07) is 11.0. The molecule has 4 aliphatic heterocycles. The van der Waals surface area contributed by atoms with E-state index in [1.54, 1.807) is 23.2 Å². The number of amides is 1. The largest absolute Gasteiger partial charge is 0.461 e. The Morgan fingerprint density at radius 1 is 1.22 bits per heavy atom. The van der Waals surface area contributed by atoms with Gasteiger partial charge < -0.3 is 24.6 Å². The molecule has 0 bridgehead atoms. The van der Waals surface area contributed by atoms with Crippen molar-refractivity contribution in [2.75, 3.05) is 64.4 Å². The molecule has 0 spiro atoms. The summed E-state index contributed by atoms with van der Waals surface area (Å²) in [4.78, 5) is 32.9. The van der Waals surface area contributed by atoms with Gasteiger partial charge in [0.2, 0.25) is 0 Å². The molecule has 2 aromatic carbocycles. The SMILES string of the molecule is CN(c1nc(OC[C@@]23CCCN2C[C@H](F)C3)nc2c(F)c(-c3cccc4cccc(Cl)c34)ncc12)[C@@H]1CCN(C(=O)C#CC2CNCCO2)C1.